The number of carboxylic acid groups (broad SMARTS) is 1. The van der Waals surface area contributed by atoms with Crippen LogP contribution in [0.4, 0.5) is 0 Å². The number of para-hydroxylation sites is 1. The Morgan fingerprint density at radius 2 is 2.00 bits per heavy atom. The van der Waals surface area contributed by atoms with Crippen molar-refractivity contribution < 1.29 is 19.4 Å². The molecule has 1 fully saturated rings. The van der Waals surface area contributed by atoms with Gasteiger partial charge in [0.2, 0.25) is 0 Å². The van der Waals surface area contributed by atoms with E-state index in [1.165, 1.54) is 0 Å². The van der Waals surface area contributed by atoms with E-state index in [0.717, 1.165) is 0 Å². The maximum Gasteiger partial charge on any atom is 0.311 e. The smallest absolute Gasteiger partial charge is 0.311 e. The Kier molecular flexibility index (Phi) is 4.21. The lowest BCUT2D eigenvalue weighted by Gasteiger charge is -2.21. The van der Waals surface area contributed by atoms with Gasteiger partial charge in [0.25, 0.3) is 5.91 Å². The number of carbonyl (C=O) groups is 2. The van der Waals surface area contributed by atoms with Gasteiger partial charge in [0, 0.05) is 13.1 Å². The summed E-state index contributed by atoms with van der Waals surface area (Å²) < 4.78 is 5.66. The third-order valence-electron chi connectivity index (χ3n) is 3.76. The molecule has 114 valence electrons. The van der Waals surface area contributed by atoms with Crippen LogP contribution in [0.25, 0.3) is 0 Å². The highest BCUT2D eigenvalue weighted by Gasteiger charge is 2.42. The lowest BCUT2D eigenvalue weighted by Crippen LogP contribution is -2.35. The van der Waals surface area contributed by atoms with Gasteiger partial charge in [-0.1, -0.05) is 12.1 Å². The van der Waals surface area contributed by atoms with Gasteiger partial charge in [-0.05, 0) is 39.3 Å². The first kappa shape index (κ1) is 15.4. The lowest BCUT2D eigenvalue weighted by molar-refractivity contribution is -0.147. The van der Waals surface area contributed by atoms with E-state index in [2.05, 4.69) is 0 Å². The molecule has 1 saturated heterocycles. The molecule has 0 bridgehead atoms. The Morgan fingerprint density at radius 1 is 1.33 bits per heavy atom. The molecule has 1 amide bonds. The number of rotatable bonds is 4. The number of carboxylic acids is 1. The maximum absolute atomic E-state index is 12.6. The van der Waals surface area contributed by atoms with E-state index in [0.29, 0.717) is 24.3 Å². The second-order valence-corrected chi connectivity index (χ2v) is 6.01. The summed E-state index contributed by atoms with van der Waals surface area (Å²) in [6.45, 7) is 6.17. The van der Waals surface area contributed by atoms with Gasteiger partial charge >= 0.3 is 5.97 Å². The summed E-state index contributed by atoms with van der Waals surface area (Å²) in [7, 11) is 0. The second-order valence-electron chi connectivity index (χ2n) is 6.01. The minimum atomic E-state index is -0.858. The Bertz CT molecular complexity index is 555. The van der Waals surface area contributed by atoms with Crippen LogP contribution in [0.15, 0.2) is 24.3 Å². The topological polar surface area (TPSA) is 66.8 Å². The Hall–Kier alpha value is -2.04. The third-order valence-corrected chi connectivity index (χ3v) is 3.76. The first-order valence-corrected chi connectivity index (χ1v) is 7.12. The van der Waals surface area contributed by atoms with Crippen LogP contribution in [0.3, 0.4) is 0 Å². The van der Waals surface area contributed by atoms with Gasteiger partial charge in [-0.3, -0.25) is 9.59 Å². The molecule has 1 aliphatic rings. The zero-order valence-electron chi connectivity index (χ0n) is 12.6. The number of hydrogen-bond acceptors (Lipinski definition) is 3. The van der Waals surface area contributed by atoms with Crippen molar-refractivity contribution in [3.63, 3.8) is 0 Å². The molecule has 5 heteroatoms. The molecule has 1 aromatic carbocycles. The molecule has 0 aromatic heterocycles. The van der Waals surface area contributed by atoms with Gasteiger partial charge in [-0.15, -0.1) is 0 Å². The van der Waals surface area contributed by atoms with Crippen molar-refractivity contribution in [1.29, 1.82) is 0 Å². The highest BCUT2D eigenvalue weighted by molar-refractivity contribution is 5.97. The first-order valence-electron chi connectivity index (χ1n) is 7.12. The van der Waals surface area contributed by atoms with Crippen molar-refractivity contribution in [2.24, 2.45) is 5.41 Å². The fraction of sp³-hybridized carbons (Fsp3) is 0.500. The molecular formula is C16H21NO4. The molecule has 2 rings (SSSR count). The minimum absolute atomic E-state index is 0.0261. The molecule has 1 atom stereocenters. The molecular weight excluding hydrogens is 270 g/mol. The quantitative estimate of drug-likeness (QED) is 0.925. The van der Waals surface area contributed by atoms with Crippen molar-refractivity contribution in [3.8, 4) is 5.75 Å². The molecule has 0 saturated carbocycles. The standard InChI is InChI=1S/C16H21NO4/c1-11(2)21-13-7-5-4-6-12(13)14(18)17-9-8-16(3,10-17)15(19)20/h4-7,11H,8-10H2,1-3H3,(H,19,20)/t16-/m1/s1. The normalized spacial score (nSPS) is 21.6. The number of likely N-dealkylation sites (tertiary alicyclic amines) is 1. The van der Waals surface area contributed by atoms with Crippen LogP contribution in [0.1, 0.15) is 37.6 Å². The number of amides is 1. The predicted molar refractivity (Wildman–Crippen MR) is 78.5 cm³/mol. The molecule has 1 aliphatic heterocycles. The second kappa shape index (κ2) is 5.76. The van der Waals surface area contributed by atoms with Crippen LogP contribution in [0.2, 0.25) is 0 Å². The summed E-state index contributed by atoms with van der Waals surface area (Å²) in [5, 5.41) is 9.25. The summed E-state index contributed by atoms with van der Waals surface area (Å²) in [5.41, 5.74) is -0.371. The van der Waals surface area contributed by atoms with E-state index < -0.39 is 11.4 Å². The van der Waals surface area contributed by atoms with Gasteiger partial charge in [0.15, 0.2) is 0 Å². The molecule has 21 heavy (non-hydrogen) atoms. The van der Waals surface area contributed by atoms with E-state index in [4.69, 9.17) is 4.74 Å². The van der Waals surface area contributed by atoms with Crippen LogP contribution in [-0.2, 0) is 4.79 Å². The average molecular weight is 291 g/mol. The Balaban J connectivity index is 2.20. The molecule has 0 aliphatic carbocycles. The summed E-state index contributed by atoms with van der Waals surface area (Å²) in [5.74, 6) is -0.484. The molecule has 1 N–H and O–H groups in total. The number of hydrogen-bond donors (Lipinski definition) is 1. The van der Waals surface area contributed by atoms with Crippen molar-refractivity contribution in [1.82, 2.24) is 4.90 Å². The summed E-state index contributed by atoms with van der Waals surface area (Å²) in [6.07, 6.45) is 0.447. The maximum atomic E-state index is 12.6. The molecule has 1 heterocycles. The number of carbonyl (C=O) groups excluding carboxylic acids is 1. The van der Waals surface area contributed by atoms with Crippen LogP contribution in [-0.4, -0.2) is 41.1 Å². The molecule has 0 radical (unpaired) electrons. The summed E-state index contributed by atoms with van der Waals surface area (Å²) >= 11 is 0. The Labute approximate surface area is 124 Å². The van der Waals surface area contributed by atoms with Crippen LogP contribution in [0, 0.1) is 5.41 Å². The highest BCUT2D eigenvalue weighted by Crippen LogP contribution is 2.32. The number of aliphatic carboxylic acids is 1. The minimum Gasteiger partial charge on any atom is -0.490 e. The van der Waals surface area contributed by atoms with Gasteiger partial charge < -0.3 is 14.7 Å². The van der Waals surface area contributed by atoms with E-state index in [9.17, 15) is 14.7 Å². The number of nitrogens with zero attached hydrogens (tertiary/aromatic N) is 1. The van der Waals surface area contributed by atoms with Crippen LogP contribution < -0.4 is 4.74 Å². The van der Waals surface area contributed by atoms with E-state index >= 15 is 0 Å². The Morgan fingerprint density at radius 3 is 2.57 bits per heavy atom. The molecule has 1 aromatic rings. The molecule has 0 spiro atoms. The lowest BCUT2D eigenvalue weighted by atomic mass is 9.90. The van der Waals surface area contributed by atoms with E-state index in [1.54, 1.807) is 30.0 Å². The monoisotopic (exact) mass is 291 g/mol. The SMILES string of the molecule is CC(C)Oc1ccccc1C(=O)N1CC[C@@](C)(C(=O)O)C1. The van der Waals surface area contributed by atoms with E-state index in [-0.39, 0.29) is 18.6 Å². The van der Waals surface area contributed by atoms with Gasteiger partial charge in [0.05, 0.1) is 17.1 Å². The predicted octanol–water partition coefficient (Wildman–Crippen LogP) is 2.41. The average Bonchev–Trinajstić information content (AvgIpc) is 2.82. The van der Waals surface area contributed by atoms with Crippen molar-refractivity contribution in [3.05, 3.63) is 29.8 Å². The zero-order chi connectivity index (χ0) is 15.6. The van der Waals surface area contributed by atoms with Gasteiger partial charge in [-0.2, -0.15) is 0 Å². The summed E-state index contributed by atoms with van der Waals surface area (Å²) in [4.78, 5) is 25.5. The number of benzene rings is 1. The molecule has 0 unspecified atom stereocenters. The molecule has 5 nitrogen and oxygen atoms in total. The van der Waals surface area contributed by atoms with Gasteiger partial charge in [-0.25, -0.2) is 0 Å². The van der Waals surface area contributed by atoms with Gasteiger partial charge in [0.1, 0.15) is 5.75 Å². The van der Waals surface area contributed by atoms with Crippen LogP contribution in [0.5, 0.6) is 5.75 Å². The van der Waals surface area contributed by atoms with Crippen LogP contribution >= 0.6 is 0 Å². The fourth-order valence-electron chi connectivity index (χ4n) is 2.48. The largest absolute Gasteiger partial charge is 0.490 e. The fourth-order valence-corrected chi connectivity index (χ4v) is 2.48. The highest BCUT2D eigenvalue weighted by atomic mass is 16.5. The third kappa shape index (κ3) is 3.17. The first-order chi connectivity index (χ1) is 9.83. The zero-order valence-corrected chi connectivity index (χ0v) is 12.6. The van der Waals surface area contributed by atoms with E-state index in [1.807, 2.05) is 19.9 Å². The van der Waals surface area contributed by atoms with Crippen molar-refractivity contribution >= 4 is 11.9 Å². The van der Waals surface area contributed by atoms with Crippen molar-refractivity contribution in [2.75, 3.05) is 13.1 Å². The number of ether oxygens (including phenoxy) is 1. The van der Waals surface area contributed by atoms with Crippen molar-refractivity contribution in [2.45, 2.75) is 33.3 Å². The summed E-state index contributed by atoms with van der Waals surface area (Å²) in [6, 6.07) is 7.09.